The monoisotopic (exact) mass is 477 g/mol. The molecular weight excluding hydrogens is 446 g/mol. The topological polar surface area (TPSA) is 53.7 Å². The maximum atomic E-state index is 13.1. The molecule has 3 heterocycles. The van der Waals surface area contributed by atoms with Crippen LogP contribution < -0.4 is 0 Å². The van der Waals surface area contributed by atoms with Gasteiger partial charge < -0.3 is 4.90 Å². The molecule has 0 amide bonds. The largest absolute Gasteiger partial charge is 0.304 e. The first kappa shape index (κ1) is 23.9. The van der Waals surface area contributed by atoms with Gasteiger partial charge in [0.25, 0.3) is 0 Å². The lowest BCUT2D eigenvalue weighted by molar-refractivity contribution is 0.0993. The number of Topliss-reactive ketones (excluding diaryl/α,β-unsaturated/α-hetero) is 1. The zero-order valence-electron chi connectivity index (χ0n) is 21.2. The van der Waals surface area contributed by atoms with E-state index < -0.39 is 0 Å². The van der Waals surface area contributed by atoms with E-state index in [4.69, 9.17) is 0 Å². The van der Waals surface area contributed by atoms with Crippen LogP contribution in [0.25, 0.3) is 5.78 Å². The second kappa shape index (κ2) is 10.4. The molecule has 0 saturated carbocycles. The third-order valence-corrected chi connectivity index (χ3v) is 6.93. The Morgan fingerprint density at radius 3 is 2.61 bits per heavy atom. The zero-order chi connectivity index (χ0) is 25.1. The van der Waals surface area contributed by atoms with Crippen molar-refractivity contribution in [3.8, 4) is 11.8 Å². The van der Waals surface area contributed by atoms with Gasteiger partial charge in [-0.25, -0.2) is 9.97 Å². The molecule has 182 valence electrons. The smallest absolute Gasteiger partial charge is 0.234 e. The molecule has 0 unspecified atom stereocenters. The van der Waals surface area contributed by atoms with Crippen molar-refractivity contribution >= 4 is 11.6 Å². The molecule has 1 saturated heterocycles. The summed E-state index contributed by atoms with van der Waals surface area (Å²) in [6, 6.07) is 14.1. The predicted molar refractivity (Wildman–Crippen MR) is 142 cm³/mol. The molecule has 1 fully saturated rings. The summed E-state index contributed by atoms with van der Waals surface area (Å²) in [5.41, 5.74) is 6.97. The van der Waals surface area contributed by atoms with Crippen LogP contribution in [-0.4, -0.2) is 63.2 Å². The maximum absolute atomic E-state index is 13.1. The minimum absolute atomic E-state index is 0.100. The fourth-order valence-corrected chi connectivity index (χ4v) is 4.56. The number of hydrogen-bond acceptors (Lipinski definition) is 5. The molecule has 0 N–H and O–H groups in total. The summed E-state index contributed by atoms with van der Waals surface area (Å²) in [6.45, 7) is 9.56. The maximum Gasteiger partial charge on any atom is 0.234 e. The van der Waals surface area contributed by atoms with E-state index in [1.807, 2.05) is 41.8 Å². The third-order valence-electron chi connectivity index (χ3n) is 6.93. The van der Waals surface area contributed by atoms with Crippen molar-refractivity contribution in [2.75, 3.05) is 33.2 Å². The van der Waals surface area contributed by atoms with Gasteiger partial charge in [-0.2, -0.15) is 0 Å². The molecule has 0 aliphatic carbocycles. The van der Waals surface area contributed by atoms with Gasteiger partial charge in [0, 0.05) is 62.7 Å². The summed E-state index contributed by atoms with van der Waals surface area (Å²) in [5, 5.41) is 0. The lowest BCUT2D eigenvalue weighted by atomic mass is 9.96. The Hall–Kier alpha value is -3.79. The summed E-state index contributed by atoms with van der Waals surface area (Å²) < 4.78 is 1.85. The fraction of sp³-hybridized carbons (Fsp3) is 0.300. The summed E-state index contributed by atoms with van der Waals surface area (Å²) >= 11 is 0. The van der Waals surface area contributed by atoms with Crippen LogP contribution in [0, 0.1) is 25.7 Å². The number of piperazine rings is 1. The number of ketones is 1. The number of fused-ring (bicyclic) bond motifs is 1. The molecule has 6 heteroatoms. The average Bonchev–Trinajstić information content (AvgIpc) is 3.29. The molecule has 36 heavy (non-hydrogen) atoms. The van der Waals surface area contributed by atoms with Crippen LogP contribution in [0.5, 0.6) is 0 Å². The zero-order valence-corrected chi connectivity index (χ0v) is 21.2. The highest BCUT2D eigenvalue weighted by Gasteiger charge is 2.15. The Kier molecular flexibility index (Phi) is 6.95. The Bertz CT molecular complexity index is 1470. The van der Waals surface area contributed by atoms with E-state index in [0.29, 0.717) is 17.8 Å². The van der Waals surface area contributed by atoms with Crippen LogP contribution >= 0.6 is 0 Å². The molecule has 0 radical (unpaired) electrons. The SMILES string of the molecule is Cc1ccc(C(=O)Cc2ccc(CN3CCN(C)CC3)c(C)c2)cc1C#Cc1cnc2ncccn12. The van der Waals surface area contributed by atoms with Gasteiger partial charge in [-0.3, -0.25) is 14.1 Å². The quantitative estimate of drug-likeness (QED) is 0.322. The van der Waals surface area contributed by atoms with E-state index in [-0.39, 0.29) is 5.78 Å². The van der Waals surface area contributed by atoms with E-state index in [0.717, 1.165) is 55.1 Å². The number of likely N-dealkylation sites (N-methyl/N-ethyl adjacent to an activating group) is 1. The van der Waals surface area contributed by atoms with Gasteiger partial charge in [0.15, 0.2) is 5.78 Å². The van der Waals surface area contributed by atoms with Gasteiger partial charge in [0.2, 0.25) is 5.78 Å². The Balaban J connectivity index is 1.29. The minimum Gasteiger partial charge on any atom is -0.304 e. The third kappa shape index (κ3) is 5.38. The highest BCUT2D eigenvalue weighted by molar-refractivity contribution is 5.98. The molecule has 5 rings (SSSR count). The molecule has 2 aromatic carbocycles. The highest BCUT2D eigenvalue weighted by Crippen LogP contribution is 2.18. The first-order valence-corrected chi connectivity index (χ1v) is 12.4. The van der Waals surface area contributed by atoms with Gasteiger partial charge in [0.1, 0.15) is 5.69 Å². The van der Waals surface area contributed by atoms with E-state index in [9.17, 15) is 4.79 Å². The van der Waals surface area contributed by atoms with Crippen LogP contribution in [0.1, 0.15) is 43.9 Å². The first-order chi connectivity index (χ1) is 17.5. The molecule has 6 nitrogen and oxygen atoms in total. The van der Waals surface area contributed by atoms with Crippen molar-refractivity contribution in [1.82, 2.24) is 24.2 Å². The number of nitrogens with zero attached hydrogens (tertiary/aromatic N) is 5. The fourth-order valence-electron chi connectivity index (χ4n) is 4.56. The number of imidazole rings is 1. The Morgan fingerprint density at radius 1 is 0.972 bits per heavy atom. The number of aromatic nitrogens is 3. The summed E-state index contributed by atoms with van der Waals surface area (Å²) in [7, 11) is 2.18. The highest BCUT2D eigenvalue weighted by atomic mass is 16.1. The van der Waals surface area contributed by atoms with Crippen LogP contribution in [0.15, 0.2) is 61.1 Å². The minimum atomic E-state index is 0.100. The number of aryl methyl sites for hydroxylation is 2. The Labute approximate surface area is 212 Å². The molecule has 0 bridgehead atoms. The van der Waals surface area contributed by atoms with E-state index in [1.54, 1.807) is 12.4 Å². The van der Waals surface area contributed by atoms with Gasteiger partial charge >= 0.3 is 0 Å². The standard InChI is InChI=1S/C30H31N5O/c1-22-5-7-26(19-25(22)9-10-28-20-32-30-31-11-4-12-35(28)30)29(36)18-24-6-8-27(23(2)17-24)21-34-15-13-33(3)14-16-34/h4-8,11-12,17,19-20H,13-16,18,21H2,1-3H3. The number of carbonyl (C=O) groups excluding carboxylic acids is 1. The van der Waals surface area contributed by atoms with Crippen molar-refractivity contribution in [2.24, 2.45) is 0 Å². The molecule has 0 spiro atoms. The van der Waals surface area contributed by atoms with Crippen molar-refractivity contribution < 1.29 is 4.79 Å². The van der Waals surface area contributed by atoms with Crippen molar-refractivity contribution in [2.45, 2.75) is 26.8 Å². The van der Waals surface area contributed by atoms with Crippen LogP contribution in [0.4, 0.5) is 0 Å². The average molecular weight is 478 g/mol. The summed E-state index contributed by atoms with van der Waals surface area (Å²) in [6.07, 6.45) is 5.70. The second-order valence-electron chi connectivity index (χ2n) is 9.65. The van der Waals surface area contributed by atoms with Gasteiger partial charge in [0.05, 0.1) is 6.20 Å². The van der Waals surface area contributed by atoms with Gasteiger partial charge in [-0.1, -0.05) is 36.3 Å². The van der Waals surface area contributed by atoms with Crippen molar-refractivity contribution in [3.05, 3.63) is 100 Å². The normalized spacial score (nSPS) is 14.5. The number of rotatable bonds is 5. The molecule has 1 aliphatic heterocycles. The van der Waals surface area contributed by atoms with Crippen LogP contribution in [0.3, 0.4) is 0 Å². The van der Waals surface area contributed by atoms with Gasteiger partial charge in [-0.15, -0.1) is 0 Å². The van der Waals surface area contributed by atoms with Crippen molar-refractivity contribution in [3.63, 3.8) is 0 Å². The lowest BCUT2D eigenvalue weighted by Crippen LogP contribution is -2.43. The molecule has 1 aliphatic rings. The Morgan fingerprint density at radius 2 is 1.81 bits per heavy atom. The van der Waals surface area contributed by atoms with Crippen molar-refractivity contribution in [1.29, 1.82) is 0 Å². The molecule has 0 atom stereocenters. The molecule has 4 aromatic rings. The number of benzene rings is 2. The lowest BCUT2D eigenvalue weighted by Gasteiger charge is -2.32. The molecule has 2 aromatic heterocycles. The van der Waals surface area contributed by atoms with Gasteiger partial charge in [-0.05, 0) is 61.2 Å². The van der Waals surface area contributed by atoms with E-state index >= 15 is 0 Å². The molecular formula is C30H31N5O. The van der Waals surface area contributed by atoms with E-state index in [2.05, 4.69) is 63.8 Å². The first-order valence-electron chi connectivity index (χ1n) is 12.4. The summed E-state index contributed by atoms with van der Waals surface area (Å²) in [4.78, 5) is 26.5. The predicted octanol–water partition coefficient (Wildman–Crippen LogP) is 3.92. The number of hydrogen-bond donors (Lipinski definition) is 0. The second-order valence-corrected chi connectivity index (χ2v) is 9.65. The van der Waals surface area contributed by atoms with Crippen LogP contribution in [0.2, 0.25) is 0 Å². The summed E-state index contributed by atoms with van der Waals surface area (Å²) in [5.74, 6) is 7.13. The van der Waals surface area contributed by atoms with Crippen LogP contribution in [-0.2, 0) is 13.0 Å². The van der Waals surface area contributed by atoms with E-state index in [1.165, 1.54) is 11.1 Å². The number of carbonyl (C=O) groups is 1.